The van der Waals surface area contributed by atoms with Crippen LogP contribution in [0.25, 0.3) is 0 Å². The molecule has 0 spiro atoms. The molecule has 2 fully saturated rings. The number of carbonyl (C=O) groups is 2. The van der Waals surface area contributed by atoms with E-state index >= 15 is 0 Å². The molecule has 0 aromatic carbocycles. The van der Waals surface area contributed by atoms with Gasteiger partial charge in [0.05, 0.1) is 11.6 Å². The van der Waals surface area contributed by atoms with Gasteiger partial charge in [0.15, 0.2) is 0 Å². The molecule has 1 saturated carbocycles. The van der Waals surface area contributed by atoms with Gasteiger partial charge in [-0.2, -0.15) is 0 Å². The summed E-state index contributed by atoms with van der Waals surface area (Å²) in [7, 11) is 0. The Morgan fingerprint density at radius 3 is 2.42 bits per heavy atom. The molecule has 1 aliphatic heterocycles. The van der Waals surface area contributed by atoms with Gasteiger partial charge in [-0.25, -0.2) is 4.79 Å². The Morgan fingerprint density at radius 1 is 1.17 bits per heavy atom. The van der Waals surface area contributed by atoms with Crippen LogP contribution in [0.15, 0.2) is 0 Å². The van der Waals surface area contributed by atoms with Crippen LogP contribution < -0.4 is 10.6 Å². The van der Waals surface area contributed by atoms with Crippen molar-refractivity contribution in [3.05, 3.63) is 0 Å². The van der Waals surface area contributed by atoms with Gasteiger partial charge < -0.3 is 20.1 Å². The lowest BCUT2D eigenvalue weighted by Gasteiger charge is -2.32. The van der Waals surface area contributed by atoms with E-state index in [1.54, 1.807) is 0 Å². The first-order chi connectivity index (χ1) is 11.2. The van der Waals surface area contributed by atoms with Crippen LogP contribution in [0, 0.1) is 5.92 Å². The molecular weight excluding hydrogens is 308 g/mol. The number of ether oxygens (including phenoxy) is 2. The molecule has 0 bridgehead atoms. The summed E-state index contributed by atoms with van der Waals surface area (Å²) in [4.78, 5) is 24.2. The number of carbonyl (C=O) groups excluding carboxylic acids is 2. The van der Waals surface area contributed by atoms with Gasteiger partial charge in [-0.3, -0.25) is 4.79 Å². The second-order valence-corrected chi connectivity index (χ2v) is 8.27. The summed E-state index contributed by atoms with van der Waals surface area (Å²) in [5.74, 6) is 0.449. The summed E-state index contributed by atoms with van der Waals surface area (Å²) >= 11 is 0. The van der Waals surface area contributed by atoms with Gasteiger partial charge in [-0.05, 0) is 65.7 Å². The number of hydrogen-bond acceptors (Lipinski definition) is 4. The molecule has 0 aromatic heterocycles. The Labute approximate surface area is 145 Å². The lowest BCUT2D eigenvalue weighted by Crippen LogP contribution is -2.55. The quantitative estimate of drug-likeness (QED) is 0.747. The van der Waals surface area contributed by atoms with Gasteiger partial charge in [-0.15, -0.1) is 0 Å². The van der Waals surface area contributed by atoms with Gasteiger partial charge in [0, 0.05) is 19.6 Å². The van der Waals surface area contributed by atoms with Gasteiger partial charge >= 0.3 is 6.09 Å². The summed E-state index contributed by atoms with van der Waals surface area (Å²) in [6.07, 6.45) is 5.33. The van der Waals surface area contributed by atoms with Gasteiger partial charge in [0.1, 0.15) is 5.60 Å². The minimum Gasteiger partial charge on any atom is -0.444 e. The average molecular weight is 340 g/mol. The van der Waals surface area contributed by atoms with Crippen LogP contribution >= 0.6 is 0 Å². The number of alkyl carbamates (subject to hydrolysis) is 1. The van der Waals surface area contributed by atoms with E-state index in [1.807, 2.05) is 27.7 Å². The molecule has 2 rings (SSSR count). The van der Waals surface area contributed by atoms with Crippen molar-refractivity contribution in [1.82, 2.24) is 10.6 Å². The fourth-order valence-electron chi connectivity index (χ4n) is 3.13. The summed E-state index contributed by atoms with van der Waals surface area (Å²) in [5.41, 5.74) is -0.935. The predicted molar refractivity (Wildman–Crippen MR) is 91.7 cm³/mol. The van der Waals surface area contributed by atoms with Gasteiger partial charge in [-0.1, -0.05) is 0 Å². The van der Waals surface area contributed by atoms with Crippen LogP contribution in [-0.2, 0) is 14.3 Å². The van der Waals surface area contributed by atoms with Crippen LogP contribution in [0.4, 0.5) is 4.79 Å². The largest absolute Gasteiger partial charge is 0.444 e. The first-order valence-corrected chi connectivity index (χ1v) is 9.07. The topological polar surface area (TPSA) is 76.7 Å². The summed E-state index contributed by atoms with van der Waals surface area (Å²) in [6, 6.07) is 0. The normalized spacial score (nSPS) is 23.4. The first-order valence-electron chi connectivity index (χ1n) is 9.07. The number of nitrogens with one attached hydrogen (secondary N) is 2. The maximum Gasteiger partial charge on any atom is 0.407 e. The molecule has 138 valence electrons. The monoisotopic (exact) mass is 340 g/mol. The molecular formula is C18H32N2O4. The second kappa shape index (κ2) is 7.72. The third-order valence-corrected chi connectivity index (χ3v) is 4.62. The van der Waals surface area contributed by atoms with Gasteiger partial charge in [0.25, 0.3) is 0 Å². The van der Waals surface area contributed by atoms with Crippen LogP contribution in [0.2, 0.25) is 0 Å². The van der Waals surface area contributed by atoms with E-state index in [0.717, 1.165) is 38.7 Å². The molecule has 6 heteroatoms. The SMILES string of the molecule is CC(C)(C)OC(=O)NC[C@@](C)(NC(=O)CC[C@@H]1CCCO1)C1CC1. The van der Waals surface area contributed by atoms with Crippen molar-refractivity contribution >= 4 is 12.0 Å². The van der Waals surface area contributed by atoms with E-state index in [4.69, 9.17) is 9.47 Å². The summed E-state index contributed by atoms with van der Waals surface area (Å²) in [6.45, 7) is 8.70. The Morgan fingerprint density at radius 2 is 1.88 bits per heavy atom. The van der Waals surface area contributed by atoms with Crippen LogP contribution in [0.3, 0.4) is 0 Å². The number of rotatable bonds is 7. The highest BCUT2D eigenvalue weighted by Gasteiger charge is 2.43. The lowest BCUT2D eigenvalue weighted by molar-refractivity contribution is -0.123. The van der Waals surface area contributed by atoms with E-state index in [-0.39, 0.29) is 12.0 Å². The summed E-state index contributed by atoms with van der Waals surface area (Å²) < 4.78 is 10.8. The molecule has 1 aliphatic carbocycles. The minimum absolute atomic E-state index is 0.0332. The van der Waals surface area contributed by atoms with E-state index in [2.05, 4.69) is 10.6 Å². The molecule has 0 aromatic rings. The average Bonchev–Trinajstić information content (AvgIpc) is 3.20. The smallest absolute Gasteiger partial charge is 0.407 e. The standard InChI is InChI=1S/C18H32N2O4/c1-17(2,3)24-16(22)19-12-18(4,13-7-8-13)20-15(21)10-9-14-6-5-11-23-14/h13-14H,5-12H2,1-4H3,(H,19,22)(H,20,21)/t14-,18+/m0/s1. The van der Waals surface area contributed by atoms with Crippen LogP contribution in [0.1, 0.15) is 66.2 Å². The Balaban J connectivity index is 1.78. The van der Waals surface area contributed by atoms with E-state index in [9.17, 15) is 9.59 Å². The fourth-order valence-corrected chi connectivity index (χ4v) is 3.13. The molecule has 0 radical (unpaired) electrons. The van der Waals surface area contributed by atoms with Crippen molar-refractivity contribution in [1.29, 1.82) is 0 Å². The first kappa shape index (κ1) is 19.0. The maximum atomic E-state index is 12.3. The minimum atomic E-state index is -0.523. The Bertz CT molecular complexity index is 450. The lowest BCUT2D eigenvalue weighted by atomic mass is 9.95. The molecule has 2 atom stereocenters. The zero-order valence-corrected chi connectivity index (χ0v) is 15.4. The third-order valence-electron chi connectivity index (χ3n) is 4.62. The molecule has 2 N–H and O–H groups in total. The second-order valence-electron chi connectivity index (χ2n) is 8.27. The molecule has 0 unspecified atom stereocenters. The highest BCUT2D eigenvalue weighted by molar-refractivity contribution is 5.77. The molecule has 1 saturated heterocycles. The molecule has 1 heterocycles. The van der Waals surface area contributed by atoms with Crippen LogP contribution in [0.5, 0.6) is 0 Å². The van der Waals surface area contributed by atoms with Crippen molar-refractivity contribution < 1.29 is 19.1 Å². The highest BCUT2D eigenvalue weighted by atomic mass is 16.6. The maximum absolute atomic E-state index is 12.3. The van der Waals surface area contributed by atoms with Crippen molar-refractivity contribution in [2.24, 2.45) is 5.92 Å². The van der Waals surface area contributed by atoms with E-state index < -0.39 is 17.2 Å². The number of amides is 2. The summed E-state index contributed by atoms with van der Waals surface area (Å²) in [5, 5.41) is 5.94. The molecule has 24 heavy (non-hydrogen) atoms. The van der Waals surface area contributed by atoms with Gasteiger partial charge in [0.2, 0.25) is 5.91 Å². The van der Waals surface area contributed by atoms with Crippen molar-refractivity contribution in [2.75, 3.05) is 13.2 Å². The fraction of sp³-hybridized carbons (Fsp3) is 0.889. The number of hydrogen-bond donors (Lipinski definition) is 2. The predicted octanol–water partition coefficient (Wildman–Crippen LogP) is 2.76. The zero-order valence-electron chi connectivity index (χ0n) is 15.4. The van der Waals surface area contributed by atoms with E-state index in [1.165, 1.54) is 0 Å². The van der Waals surface area contributed by atoms with Crippen LogP contribution in [-0.4, -0.2) is 42.4 Å². The Hall–Kier alpha value is -1.30. The van der Waals surface area contributed by atoms with E-state index in [0.29, 0.717) is 18.9 Å². The molecule has 6 nitrogen and oxygen atoms in total. The highest BCUT2D eigenvalue weighted by Crippen LogP contribution is 2.39. The third kappa shape index (κ3) is 6.30. The molecule has 2 aliphatic rings. The zero-order chi connectivity index (χ0) is 17.8. The molecule has 2 amide bonds. The van der Waals surface area contributed by atoms with Crippen molar-refractivity contribution in [2.45, 2.75) is 83.5 Å². The van der Waals surface area contributed by atoms with Crippen molar-refractivity contribution in [3.63, 3.8) is 0 Å². The van der Waals surface area contributed by atoms with Crippen molar-refractivity contribution in [3.8, 4) is 0 Å². The Kier molecular flexibility index (Phi) is 6.12.